The highest BCUT2D eigenvalue weighted by Gasteiger charge is 2.35. The topological polar surface area (TPSA) is 60.9 Å². The van der Waals surface area contributed by atoms with Gasteiger partial charge < -0.3 is 9.80 Å². The number of sulfonamides is 1. The van der Waals surface area contributed by atoms with Crippen molar-refractivity contribution in [3.63, 3.8) is 0 Å². The number of hydrogen-bond donors (Lipinski definition) is 0. The molecule has 2 aliphatic heterocycles. The fraction of sp³-hybridized carbons (Fsp3) is 0.435. The molecular weight excluding hydrogens is 398 g/mol. The first kappa shape index (κ1) is 20.9. The van der Waals surface area contributed by atoms with E-state index in [1.54, 1.807) is 0 Å². The molecular formula is C23H29N3O3S. The van der Waals surface area contributed by atoms with E-state index in [1.807, 2.05) is 53.4 Å². The number of anilines is 1. The molecule has 0 aromatic heterocycles. The minimum Gasteiger partial charge on any atom is -0.368 e. The molecule has 30 heavy (non-hydrogen) atoms. The van der Waals surface area contributed by atoms with Crippen LogP contribution < -0.4 is 4.90 Å². The molecule has 2 fully saturated rings. The molecule has 6 nitrogen and oxygen atoms in total. The Morgan fingerprint density at radius 1 is 0.867 bits per heavy atom. The summed E-state index contributed by atoms with van der Waals surface area (Å²) < 4.78 is 27.3. The lowest BCUT2D eigenvalue weighted by Gasteiger charge is -2.39. The Kier molecular flexibility index (Phi) is 6.39. The number of nitrogens with zero attached hydrogens (tertiary/aromatic N) is 3. The van der Waals surface area contributed by atoms with Gasteiger partial charge in [-0.3, -0.25) is 4.79 Å². The zero-order chi connectivity index (χ0) is 21.0. The predicted molar refractivity (Wildman–Crippen MR) is 119 cm³/mol. The molecule has 0 unspecified atom stereocenters. The number of para-hydroxylation sites is 1. The molecule has 2 aliphatic rings. The van der Waals surface area contributed by atoms with Crippen molar-refractivity contribution in [3.05, 3.63) is 66.2 Å². The van der Waals surface area contributed by atoms with E-state index in [2.05, 4.69) is 17.0 Å². The van der Waals surface area contributed by atoms with Crippen molar-refractivity contribution >= 4 is 21.6 Å². The van der Waals surface area contributed by atoms with Crippen molar-refractivity contribution in [3.8, 4) is 0 Å². The van der Waals surface area contributed by atoms with Crippen LogP contribution in [0.2, 0.25) is 0 Å². The lowest BCUT2D eigenvalue weighted by atomic mass is 9.97. The Morgan fingerprint density at radius 3 is 2.17 bits per heavy atom. The van der Waals surface area contributed by atoms with Crippen LogP contribution in [0.15, 0.2) is 60.7 Å². The third kappa shape index (κ3) is 4.84. The van der Waals surface area contributed by atoms with Crippen LogP contribution in [0.5, 0.6) is 0 Å². The zero-order valence-electron chi connectivity index (χ0n) is 17.2. The Morgan fingerprint density at radius 2 is 1.50 bits per heavy atom. The van der Waals surface area contributed by atoms with Crippen molar-refractivity contribution < 1.29 is 13.2 Å². The quantitative estimate of drug-likeness (QED) is 0.736. The van der Waals surface area contributed by atoms with Crippen molar-refractivity contribution in [2.45, 2.75) is 18.6 Å². The molecule has 0 aliphatic carbocycles. The number of piperazine rings is 1. The third-order valence-corrected chi connectivity index (χ3v) is 7.85. The maximum Gasteiger partial charge on any atom is 0.227 e. The van der Waals surface area contributed by atoms with Gasteiger partial charge >= 0.3 is 0 Å². The maximum absolute atomic E-state index is 13.1. The van der Waals surface area contributed by atoms with E-state index >= 15 is 0 Å². The second-order valence-electron chi connectivity index (χ2n) is 8.09. The molecule has 0 bridgehead atoms. The molecule has 7 heteroatoms. The molecule has 2 saturated heterocycles. The summed E-state index contributed by atoms with van der Waals surface area (Å²) in [5, 5.41) is 0. The van der Waals surface area contributed by atoms with Crippen molar-refractivity contribution in [2.75, 3.05) is 44.2 Å². The van der Waals surface area contributed by atoms with Gasteiger partial charge in [0.2, 0.25) is 15.9 Å². The number of piperidine rings is 1. The van der Waals surface area contributed by atoms with Crippen molar-refractivity contribution in [1.29, 1.82) is 0 Å². The fourth-order valence-electron chi connectivity index (χ4n) is 4.35. The molecule has 0 radical (unpaired) electrons. The first-order valence-electron chi connectivity index (χ1n) is 10.6. The first-order chi connectivity index (χ1) is 14.5. The number of amides is 1. The third-order valence-electron chi connectivity index (χ3n) is 6.03. The molecule has 2 aromatic carbocycles. The van der Waals surface area contributed by atoms with Gasteiger partial charge in [0.25, 0.3) is 0 Å². The van der Waals surface area contributed by atoms with Gasteiger partial charge in [0.15, 0.2) is 0 Å². The molecule has 0 spiro atoms. The SMILES string of the molecule is O=C([C@@H]1CCCN(S(=O)(=O)Cc2ccccc2)C1)N1CCN(c2ccccc2)CC1. The lowest BCUT2D eigenvalue weighted by Crippen LogP contribution is -2.53. The van der Waals surface area contributed by atoms with Gasteiger partial charge in [-0.25, -0.2) is 12.7 Å². The molecule has 2 heterocycles. The molecule has 0 N–H and O–H groups in total. The average Bonchev–Trinajstić information content (AvgIpc) is 2.80. The van der Waals surface area contributed by atoms with Gasteiger partial charge in [-0.15, -0.1) is 0 Å². The summed E-state index contributed by atoms with van der Waals surface area (Å²) in [5.74, 6) is -0.153. The molecule has 4 rings (SSSR count). The smallest absolute Gasteiger partial charge is 0.227 e. The molecule has 160 valence electrons. The van der Waals surface area contributed by atoms with Crippen LogP contribution in [-0.2, 0) is 20.6 Å². The summed E-state index contributed by atoms with van der Waals surface area (Å²) in [6.07, 6.45) is 1.49. The zero-order valence-corrected chi connectivity index (χ0v) is 18.0. The molecule has 0 saturated carbocycles. The van der Waals surface area contributed by atoms with Gasteiger partial charge in [-0.2, -0.15) is 0 Å². The standard InChI is InChI=1S/C23H29N3O3S/c27-23(25-16-14-24(15-17-25)22-11-5-2-6-12-22)21-10-7-13-26(18-21)30(28,29)19-20-8-3-1-4-9-20/h1-6,8-9,11-12,21H,7,10,13-19H2/t21-/m1/s1. The number of benzene rings is 2. The largest absolute Gasteiger partial charge is 0.368 e. The number of rotatable bonds is 5. The minimum absolute atomic E-state index is 0.00942. The average molecular weight is 428 g/mol. The van der Waals surface area contributed by atoms with Gasteiger partial charge in [0, 0.05) is 45.0 Å². The minimum atomic E-state index is -3.42. The van der Waals surface area contributed by atoms with Gasteiger partial charge in [0.05, 0.1) is 11.7 Å². The van der Waals surface area contributed by atoms with Crippen molar-refractivity contribution in [1.82, 2.24) is 9.21 Å². The van der Waals surface area contributed by atoms with Crippen LogP contribution >= 0.6 is 0 Å². The van der Waals surface area contributed by atoms with Crippen LogP contribution in [0.4, 0.5) is 5.69 Å². The van der Waals surface area contributed by atoms with E-state index < -0.39 is 10.0 Å². The predicted octanol–water partition coefficient (Wildman–Crippen LogP) is 2.58. The summed E-state index contributed by atoms with van der Waals surface area (Å²) in [6, 6.07) is 19.5. The molecule has 1 atom stereocenters. The molecule has 2 aromatic rings. The summed E-state index contributed by atoms with van der Waals surface area (Å²) in [4.78, 5) is 17.3. The molecule has 1 amide bonds. The monoisotopic (exact) mass is 427 g/mol. The van der Waals surface area contributed by atoms with Gasteiger partial charge in [-0.1, -0.05) is 48.5 Å². The number of hydrogen-bond acceptors (Lipinski definition) is 4. The summed E-state index contributed by atoms with van der Waals surface area (Å²) in [6.45, 7) is 3.77. The highest BCUT2D eigenvalue weighted by Crippen LogP contribution is 2.24. The van der Waals surface area contributed by atoms with Crippen LogP contribution in [0.1, 0.15) is 18.4 Å². The number of carbonyl (C=O) groups is 1. The van der Waals surface area contributed by atoms with Crippen LogP contribution in [0, 0.1) is 5.92 Å². The van der Waals surface area contributed by atoms with Crippen LogP contribution in [-0.4, -0.2) is 62.8 Å². The van der Waals surface area contributed by atoms with Crippen molar-refractivity contribution in [2.24, 2.45) is 5.92 Å². The Hall–Kier alpha value is -2.38. The van der Waals surface area contributed by atoms with E-state index in [9.17, 15) is 13.2 Å². The Bertz CT molecular complexity index is 942. The van der Waals surface area contributed by atoms with E-state index in [-0.39, 0.29) is 17.6 Å². The second-order valence-corrected chi connectivity index (χ2v) is 10.1. The van der Waals surface area contributed by atoms with E-state index in [0.29, 0.717) is 26.2 Å². The fourth-order valence-corrected chi connectivity index (χ4v) is 5.97. The van der Waals surface area contributed by atoms with E-state index in [0.717, 1.165) is 31.5 Å². The first-order valence-corrected chi connectivity index (χ1v) is 12.2. The summed E-state index contributed by atoms with van der Waals surface area (Å²) in [5.41, 5.74) is 1.96. The lowest BCUT2D eigenvalue weighted by molar-refractivity contribution is -0.137. The van der Waals surface area contributed by atoms with E-state index in [1.165, 1.54) is 9.99 Å². The summed E-state index contributed by atoms with van der Waals surface area (Å²) in [7, 11) is -3.42. The Labute approximate surface area is 179 Å². The maximum atomic E-state index is 13.1. The second kappa shape index (κ2) is 9.18. The van der Waals surface area contributed by atoms with Gasteiger partial charge in [-0.05, 0) is 30.5 Å². The highest BCUT2D eigenvalue weighted by molar-refractivity contribution is 7.88. The Balaban J connectivity index is 1.35. The highest BCUT2D eigenvalue weighted by atomic mass is 32.2. The summed E-state index contributed by atoms with van der Waals surface area (Å²) >= 11 is 0. The van der Waals surface area contributed by atoms with Crippen LogP contribution in [0.25, 0.3) is 0 Å². The van der Waals surface area contributed by atoms with Gasteiger partial charge in [0.1, 0.15) is 0 Å². The van der Waals surface area contributed by atoms with E-state index in [4.69, 9.17) is 0 Å². The number of carbonyl (C=O) groups excluding carboxylic acids is 1. The normalized spacial score (nSPS) is 20.9. The van der Waals surface area contributed by atoms with Crippen LogP contribution in [0.3, 0.4) is 0 Å².